The van der Waals surface area contributed by atoms with Crippen LogP contribution in [0.3, 0.4) is 0 Å². The number of aliphatic hydroxyl groups excluding tert-OH is 1. The maximum Gasteiger partial charge on any atom is 0.0540 e. The van der Waals surface area contributed by atoms with Crippen molar-refractivity contribution in [3.8, 4) is 0 Å². The average molecular weight is 174 g/mol. The summed E-state index contributed by atoms with van der Waals surface area (Å²) in [6.45, 7) is 2.15. The molecule has 1 unspecified atom stereocenters. The van der Waals surface area contributed by atoms with Gasteiger partial charge in [0.1, 0.15) is 0 Å². The van der Waals surface area contributed by atoms with Crippen LogP contribution in [0.2, 0.25) is 0 Å². The van der Waals surface area contributed by atoms with Gasteiger partial charge in [0, 0.05) is 0 Å². The lowest BCUT2D eigenvalue weighted by Crippen LogP contribution is -2.19. The summed E-state index contributed by atoms with van der Waals surface area (Å²) >= 11 is 4.37. The summed E-state index contributed by atoms with van der Waals surface area (Å²) in [6, 6.07) is 0. The normalized spacial score (nSPS) is 35.2. The predicted molar refractivity (Wildman–Crippen MR) is 51.0 cm³/mol. The van der Waals surface area contributed by atoms with Crippen LogP contribution >= 0.6 is 12.6 Å². The molecule has 1 atom stereocenters. The van der Waals surface area contributed by atoms with Crippen molar-refractivity contribution in [2.75, 3.05) is 0 Å². The van der Waals surface area contributed by atoms with Crippen molar-refractivity contribution in [1.82, 2.24) is 0 Å². The third kappa shape index (κ3) is 3.48. The Morgan fingerprint density at radius 3 is 2.36 bits per heavy atom. The Bertz CT molecular complexity index is 106. The van der Waals surface area contributed by atoms with Crippen LogP contribution in [0.15, 0.2) is 0 Å². The first-order chi connectivity index (χ1) is 5.18. The van der Waals surface area contributed by atoms with Crippen LogP contribution in [0, 0.1) is 5.92 Å². The van der Waals surface area contributed by atoms with Gasteiger partial charge in [-0.3, -0.25) is 0 Å². The number of aliphatic hydroxyl groups is 1. The molecule has 0 amide bonds. The Morgan fingerprint density at radius 2 is 1.91 bits per heavy atom. The molecule has 11 heavy (non-hydrogen) atoms. The predicted octanol–water partition coefficient (Wildman–Crippen LogP) is 2.25. The molecule has 0 spiro atoms. The molecular formula is C9H18OS. The summed E-state index contributed by atoms with van der Waals surface area (Å²) in [5, 5.41) is 9.77. The third-order valence-corrected chi connectivity index (χ3v) is 2.70. The highest BCUT2D eigenvalue weighted by molar-refractivity contribution is 7.80. The van der Waals surface area contributed by atoms with Crippen LogP contribution in [-0.2, 0) is 0 Å². The molecule has 1 nitrogen and oxygen atoms in total. The van der Waals surface area contributed by atoms with Gasteiger partial charge >= 0.3 is 0 Å². The van der Waals surface area contributed by atoms with Gasteiger partial charge in [-0.1, -0.05) is 6.92 Å². The van der Waals surface area contributed by atoms with E-state index in [0.717, 1.165) is 18.8 Å². The van der Waals surface area contributed by atoms with E-state index in [-0.39, 0.29) is 6.10 Å². The lowest BCUT2D eigenvalue weighted by Gasteiger charge is -2.26. The molecule has 0 aromatic rings. The monoisotopic (exact) mass is 174 g/mol. The van der Waals surface area contributed by atoms with Gasteiger partial charge in [-0.05, 0) is 43.3 Å². The number of rotatable bonds is 2. The van der Waals surface area contributed by atoms with E-state index in [1.54, 1.807) is 0 Å². The topological polar surface area (TPSA) is 20.2 Å². The molecular weight excluding hydrogens is 156 g/mol. The van der Waals surface area contributed by atoms with Crippen molar-refractivity contribution in [3.63, 3.8) is 0 Å². The highest BCUT2D eigenvalue weighted by Gasteiger charge is 2.19. The number of thiol groups is 1. The van der Waals surface area contributed by atoms with Crippen LogP contribution in [0.4, 0.5) is 0 Å². The molecule has 0 heterocycles. The molecule has 0 bridgehead atoms. The van der Waals surface area contributed by atoms with Crippen molar-refractivity contribution in [2.45, 2.75) is 50.4 Å². The first-order valence-corrected chi connectivity index (χ1v) is 5.06. The highest BCUT2D eigenvalue weighted by atomic mass is 32.1. The molecule has 1 N–H and O–H groups in total. The minimum atomic E-state index is -0.0125. The zero-order valence-corrected chi connectivity index (χ0v) is 8.06. The minimum absolute atomic E-state index is 0.0125. The van der Waals surface area contributed by atoms with E-state index in [2.05, 4.69) is 19.6 Å². The Labute approximate surface area is 74.6 Å². The summed E-state index contributed by atoms with van der Waals surface area (Å²) in [6.07, 6.45) is 5.62. The Hall–Kier alpha value is 0.310. The molecule has 0 saturated heterocycles. The quantitative estimate of drug-likeness (QED) is 0.615. The molecule has 0 aromatic heterocycles. The SMILES string of the molecule is CC(S)CC1CCC(O)CC1. The van der Waals surface area contributed by atoms with E-state index in [0.29, 0.717) is 5.25 Å². The van der Waals surface area contributed by atoms with Gasteiger partial charge in [-0.15, -0.1) is 0 Å². The van der Waals surface area contributed by atoms with Crippen molar-refractivity contribution in [2.24, 2.45) is 5.92 Å². The summed E-state index contributed by atoms with van der Waals surface area (Å²) in [7, 11) is 0. The third-order valence-electron chi connectivity index (χ3n) is 2.49. The molecule has 1 aliphatic rings. The molecule has 1 rings (SSSR count). The van der Waals surface area contributed by atoms with E-state index in [9.17, 15) is 5.11 Å². The molecule has 0 aliphatic heterocycles. The van der Waals surface area contributed by atoms with Crippen molar-refractivity contribution in [1.29, 1.82) is 0 Å². The van der Waals surface area contributed by atoms with Crippen molar-refractivity contribution >= 4 is 12.6 Å². The first kappa shape index (κ1) is 9.40. The Balaban J connectivity index is 2.17. The zero-order chi connectivity index (χ0) is 8.27. The number of hydrogen-bond acceptors (Lipinski definition) is 2. The van der Waals surface area contributed by atoms with Gasteiger partial charge in [0.25, 0.3) is 0 Å². The fourth-order valence-electron chi connectivity index (χ4n) is 1.86. The van der Waals surface area contributed by atoms with E-state index in [4.69, 9.17) is 0 Å². The van der Waals surface area contributed by atoms with Gasteiger partial charge < -0.3 is 5.11 Å². The smallest absolute Gasteiger partial charge is 0.0540 e. The van der Waals surface area contributed by atoms with Gasteiger partial charge in [-0.2, -0.15) is 12.6 Å². The second-order valence-electron chi connectivity index (χ2n) is 3.76. The van der Waals surface area contributed by atoms with Crippen LogP contribution in [0.1, 0.15) is 39.0 Å². The Kier molecular flexibility index (Phi) is 3.73. The van der Waals surface area contributed by atoms with Crippen LogP contribution in [0.25, 0.3) is 0 Å². The maximum absolute atomic E-state index is 9.24. The van der Waals surface area contributed by atoms with Crippen LogP contribution in [0.5, 0.6) is 0 Å². The molecule has 2 heteroatoms. The zero-order valence-electron chi connectivity index (χ0n) is 7.16. The van der Waals surface area contributed by atoms with Gasteiger partial charge in [0.2, 0.25) is 0 Å². The fourth-order valence-corrected chi connectivity index (χ4v) is 2.16. The molecule has 0 radical (unpaired) electrons. The summed E-state index contributed by atoms with van der Waals surface area (Å²) in [4.78, 5) is 0. The summed E-state index contributed by atoms with van der Waals surface area (Å²) in [5.41, 5.74) is 0. The summed E-state index contributed by atoms with van der Waals surface area (Å²) < 4.78 is 0. The van der Waals surface area contributed by atoms with E-state index in [1.807, 2.05) is 0 Å². The highest BCUT2D eigenvalue weighted by Crippen LogP contribution is 2.28. The fraction of sp³-hybridized carbons (Fsp3) is 1.00. The molecule has 66 valence electrons. The maximum atomic E-state index is 9.24. The minimum Gasteiger partial charge on any atom is -0.393 e. The second-order valence-corrected chi connectivity index (χ2v) is 4.64. The molecule has 0 aromatic carbocycles. The van der Waals surface area contributed by atoms with Crippen LogP contribution in [-0.4, -0.2) is 16.5 Å². The Morgan fingerprint density at radius 1 is 1.36 bits per heavy atom. The lowest BCUT2D eigenvalue weighted by atomic mass is 9.85. The van der Waals surface area contributed by atoms with Gasteiger partial charge in [0.05, 0.1) is 6.10 Å². The van der Waals surface area contributed by atoms with E-state index >= 15 is 0 Å². The largest absolute Gasteiger partial charge is 0.393 e. The summed E-state index contributed by atoms with van der Waals surface area (Å²) in [5.74, 6) is 0.825. The number of hydrogen-bond donors (Lipinski definition) is 2. The standard InChI is InChI=1S/C9H18OS/c1-7(11)6-8-2-4-9(10)5-3-8/h7-11H,2-6H2,1H3. The molecule has 1 fully saturated rings. The second kappa shape index (κ2) is 4.36. The van der Waals surface area contributed by atoms with Gasteiger partial charge in [0.15, 0.2) is 0 Å². The molecule has 1 saturated carbocycles. The van der Waals surface area contributed by atoms with Gasteiger partial charge in [-0.25, -0.2) is 0 Å². The molecule has 1 aliphatic carbocycles. The van der Waals surface area contributed by atoms with Crippen molar-refractivity contribution < 1.29 is 5.11 Å². The van der Waals surface area contributed by atoms with Crippen molar-refractivity contribution in [3.05, 3.63) is 0 Å². The lowest BCUT2D eigenvalue weighted by molar-refractivity contribution is 0.107. The van der Waals surface area contributed by atoms with E-state index < -0.39 is 0 Å². The average Bonchev–Trinajstić information content (AvgIpc) is 1.93. The van der Waals surface area contributed by atoms with Crippen LogP contribution < -0.4 is 0 Å². The first-order valence-electron chi connectivity index (χ1n) is 4.54. The van der Waals surface area contributed by atoms with E-state index in [1.165, 1.54) is 19.3 Å².